The predicted octanol–water partition coefficient (Wildman–Crippen LogP) is 4.21. The number of rotatable bonds is 5. The minimum absolute atomic E-state index is 0.354. The van der Waals surface area contributed by atoms with Gasteiger partial charge < -0.3 is 0 Å². The first kappa shape index (κ1) is 13.0. The van der Waals surface area contributed by atoms with Crippen molar-refractivity contribution in [3.63, 3.8) is 0 Å². The van der Waals surface area contributed by atoms with E-state index in [1.165, 1.54) is 11.1 Å². The molecule has 1 rings (SSSR count). The summed E-state index contributed by atoms with van der Waals surface area (Å²) in [5.74, 6) is 0.976. The summed E-state index contributed by atoms with van der Waals surface area (Å²) >= 11 is 0. The summed E-state index contributed by atoms with van der Waals surface area (Å²) in [5, 5.41) is 0. The third-order valence-corrected chi connectivity index (χ3v) is 3.06. The van der Waals surface area contributed by atoms with Crippen LogP contribution in [0.25, 0.3) is 0 Å². The molecule has 0 saturated carbocycles. The molecule has 0 heterocycles. The molecule has 0 amide bonds. The molecule has 0 radical (unpaired) electrons. The van der Waals surface area contributed by atoms with E-state index in [1.54, 1.807) is 0 Å². The van der Waals surface area contributed by atoms with Gasteiger partial charge in [-0.15, -0.1) is 0 Å². The Hall–Kier alpha value is -1.11. The number of ketones is 1. The molecule has 0 aromatic carbocycles. The summed E-state index contributed by atoms with van der Waals surface area (Å²) in [5.41, 5.74) is 2.62. The Bertz CT molecular complexity index is 331. The fourth-order valence-electron chi connectivity index (χ4n) is 1.96. The minimum Gasteiger partial charge on any atom is -0.300 e. The van der Waals surface area contributed by atoms with E-state index in [0.29, 0.717) is 24.5 Å². The van der Waals surface area contributed by atoms with Crippen molar-refractivity contribution in [3.05, 3.63) is 35.5 Å². The molecule has 1 aliphatic rings. The maximum absolute atomic E-state index is 11.3. The number of Topliss-reactive ketones (excluding diaryl/α,β-unsaturated/α-hetero) is 1. The zero-order valence-electron chi connectivity index (χ0n) is 10.6. The normalized spacial score (nSPS) is 20.8. The highest BCUT2D eigenvalue weighted by atomic mass is 16.1. The average molecular weight is 218 g/mol. The highest BCUT2D eigenvalue weighted by Crippen LogP contribution is 2.24. The molecule has 0 aliphatic heterocycles. The molecule has 1 heteroatoms. The van der Waals surface area contributed by atoms with Crippen LogP contribution < -0.4 is 0 Å². The van der Waals surface area contributed by atoms with E-state index in [1.807, 2.05) is 6.92 Å². The molecule has 1 aliphatic carbocycles. The lowest BCUT2D eigenvalue weighted by Gasteiger charge is -2.15. The third-order valence-electron chi connectivity index (χ3n) is 3.06. The van der Waals surface area contributed by atoms with Gasteiger partial charge in [0.1, 0.15) is 5.78 Å². The maximum atomic E-state index is 11.3. The molecular formula is C15H22O. The molecule has 0 saturated heterocycles. The molecule has 1 unspecified atom stereocenters. The fraction of sp³-hybridized carbons (Fsp3) is 0.533. The first-order valence-corrected chi connectivity index (χ1v) is 6.23. The molecule has 0 aromatic heterocycles. The Morgan fingerprint density at radius 2 is 2.25 bits per heavy atom. The van der Waals surface area contributed by atoms with Gasteiger partial charge in [-0.25, -0.2) is 0 Å². The topological polar surface area (TPSA) is 17.1 Å². The number of carbonyl (C=O) groups excluding carboxylic acids is 1. The predicted molar refractivity (Wildman–Crippen MR) is 69.3 cm³/mol. The Morgan fingerprint density at radius 3 is 2.81 bits per heavy atom. The van der Waals surface area contributed by atoms with Gasteiger partial charge in [-0.05, 0) is 36.8 Å². The minimum atomic E-state index is 0.354. The summed E-state index contributed by atoms with van der Waals surface area (Å²) in [6, 6.07) is 0. The van der Waals surface area contributed by atoms with Gasteiger partial charge in [-0.3, -0.25) is 4.79 Å². The number of allylic oxidation sites excluding steroid dienone is 6. The monoisotopic (exact) mass is 218 g/mol. The molecular weight excluding hydrogens is 196 g/mol. The van der Waals surface area contributed by atoms with Crippen LogP contribution in [0.5, 0.6) is 0 Å². The second-order valence-electron chi connectivity index (χ2n) is 4.44. The molecule has 1 nitrogen and oxygen atoms in total. The van der Waals surface area contributed by atoms with Crippen molar-refractivity contribution in [2.45, 2.75) is 46.5 Å². The average Bonchev–Trinajstić information content (AvgIpc) is 2.29. The molecule has 0 N–H and O–H groups in total. The van der Waals surface area contributed by atoms with Crippen molar-refractivity contribution < 1.29 is 4.79 Å². The van der Waals surface area contributed by atoms with Gasteiger partial charge in [0.15, 0.2) is 0 Å². The van der Waals surface area contributed by atoms with Crippen molar-refractivity contribution in [1.29, 1.82) is 0 Å². The summed E-state index contributed by atoms with van der Waals surface area (Å²) in [6.07, 6.45) is 12.2. The summed E-state index contributed by atoms with van der Waals surface area (Å²) in [7, 11) is 0. The molecule has 1 atom stereocenters. The Labute approximate surface area is 98.9 Å². The van der Waals surface area contributed by atoms with Crippen LogP contribution >= 0.6 is 0 Å². The van der Waals surface area contributed by atoms with E-state index in [4.69, 9.17) is 0 Å². The summed E-state index contributed by atoms with van der Waals surface area (Å²) in [4.78, 5) is 11.3. The van der Waals surface area contributed by atoms with Gasteiger partial charge in [-0.1, -0.05) is 38.2 Å². The zero-order valence-corrected chi connectivity index (χ0v) is 10.6. The van der Waals surface area contributed by atoms with Crippen LogP contribution in [0.1, 0.15) is 46.5 Å². The van der Waals surface area contributed by atoms with E-state index in [0.717, 1.165) is 12.8 Å². The van der Waals surface area contributed by atoms with Crippen LogP contribution in [0.3, 0.4) is 0 Å². The van der Waals surface area contributed by atoms with Gasteiger partial charge in [0.05, 0.1) is 0 Å². The number of hydrogen-bond acceptors (Lipinski definition) is 1. The molecule has 88 valence electrons. The summed E-state index contributed by atoms with van der Waals surface area (Å²) < 4.78 is 0. The first-order valence-electron chi connectivity index (χ1n) is 6.23. The second kappa shape index (κ2) is 6.47. The molecule has 0 bridgehead atoms. The molecule has 0 spiro atoms. The molecule has 16 heavy (non-hydrogen) atoms. The largest absolute Gasteiger partial charge is 0.300 e. The highest BCUT2D eigenvalue weighted by Gasteiger charge is 2.09. The van der Waals surface area contributed by atoms with Crippen molar-refractivity contribution in [1.82, 2.24) is 0 Å². The fourth-order valence-corrected chi connectivity index (χ4v) is 1.96. The van der Waals surface area contributed by atoms with Crippen LogP contribution in [-0.2, 0) is 4.79 Å². The lowest BCUT2D eigenvalue weighted by atomic mass is 9.91. The van der Waals surface area contributed by atoms with Crippen LogP contribution in [0.4, 0.5) is 0 Å². The van der Waals surface area contributed by atoms with Gasteiger partial charge in [0.25, 0.3) is 0 Å². The maximum Gasteiger partial charge on any atom is 0.132 e. The molecule has 0 aromatic rings. The van der Waals surface area contributed by atoms with Crippen molar-refractivity contribution in [2.75, 3.05) is 0 Å². The smallest absolute Gasteiger partial charge is 0.132 e. The van der Waals surface area contributed by atoms with Crippen molar-refractivity contribution in [3.8, 4) is 0 Å². The van der Waals surface area contributed by atoms with Crippen LogP contribution in [0.15, 0.2) is 35.5 Å². The number of carbonyl (C=O) groups is 1. The Kier molecular flexibility index (Phi) is 5.24. The SMILES string of the molecule is C/C=C(/CCC(=O)CC)C1=CC(C)CC=C1. The summed E-state index contributed by atoms with van der Waals surface area (Å²) in [6.45, 7) is 6.22. The number of hydrogen-bond donors (Lipinski definition) is 0. The standard InChI is InChI=1S/C15H22O/c1-4-13(9-10-15(16)5-2)14-8-6-7-12(3)11-14/h4,6,8,11-12H,5,7,9-10H2,1-3H3/b13-4-. The van der Waals surface area contributed by atoms with Crippen LogP contribution in [0, 0.1) is 5.92 Å². The zero-order chi connectivity index (χ0) is 12.0. The van der Waals surface area contributed by atoms with Crippen LogP contribution in [-0.4, -0.2) is 5.78 Å². The lowest BCUT2D eigenvalue weighted by molar-refractivity contribution is -0.118. The van der Waals surface area contributed by atoms with Gasteiger partial charge >= 0.3 is 0 Å². The van der Waals surface area contributed by atoms with E-state index in [2.05, 4.69) is 38.2 Å². The third kappa shape index (κ3) is 3.80. The van der Waals surface area contributed by atoms with E-state index in [-0.39, 0.29) is 0 Å². The van der Waals surface area contributed by atoms with E-state index >= 15 is 0 Å². The van der Waals surface area contributed by atoms with Crippen molar-refractivity contribution in [2.24, 2.45) is 5.92 Å². The first-order chi connectivity index (χ1) is 7.67. The second-order valence-corrected chi connectivity index (χ2v) is 4.44. The molecule has 0 fully saturated rings. The lowest BCUT2D eigenvalue weighted by Crippen LogP contribution is -2.01. The van der Waals surface area contributed by atoms with E-state index in [9.17, 15) is 4.79 Å². The highest BCUT2D eigenvalue weighted by molar-refractivity contribution is 5.78. The van der Waals surface area contributed by atoms with Gasteiger partial charge in [0, 0.05) is 12.8 Å². The van der Waals surface area contributed by atoms with Gasteiger partial charge in [0.2, 0.25) is 0 Å². The van der Waals surface area contributed by atoms with Gasteiger partial charge in [-0.2, -0.15) is 0 Å². The van der Waals surface area contributed by atoms with Crippen LogP contribution in [0.2, 0.25) is 0 Å². The Morgan fingerprint density at radius 1 is 1.50 bits per heavy atom. The Balaban J connectivity index is 2.62. The van der Waals surface area contributed by atoms with E-state index < -0.39 is 0 Å². The van der Waals surface area contributed by atoms with Crippen molar-refractivity contribution >= 4 is 5.78 Å². The quantitative estimate of drug-likeness (QED) is 0.675.